The van der Waals surface area contributed by atoms with Gasteiger partial charge in [-0.2, -0.15) is 4.98 Å². The van der Waals surface area contributed by atoms with Crippen molar-refractivity contribution in [2.75, 3.05) is 10.6 Å². The number of fused-ring (bicyclic) bond motifs is 1. The van der Waals surface area contributed by atoms with Crippen LogP contribution in [0.1, 0.15) is 51.0 Å². The van der Waals surface area contributed by atoms with Crippen molar-refractivity contribution in [3.63, 3.8) is 0 Å². The van der Waals surface area contributed by atoms with Gasteiger partial charge in [0.2, 0.25) is 17.8 Å². The summed E-state index contributed by atoms with van der Waals surface area (Å²) in [6.45, 7) is 0. The van der Waals surface area contributed by atoms with Crippen LogP contribution in [-0.4, -0.2) is 42.7 Å². The highest BCUT2D eigenvalue weighted by Crippen LogP contribution is 2.37. The summed E-state index contributed by atoms with van der Waals surface area (Å²) in [6, 6.07) is 0.829. The Kier molecular flexibility index (Phi) is 6.22. The fraction of sp³-hybridized carbons (Fsp3) is 0.478. The number of primary amides is 1. The van der Waals surface area contributed by atoms with Gasteiger partial charge >= 0.3 is 0 Å². The third-order valence-corrected chi connectivity index (χ3v) is 6.93. The summed E-state index contributed by atoms with van der Waals surface area (Å²) in [4.78, 5) is 25.0. The third kappa shape index (κ3) is 4.62. The van der Waals surface area contributed by atoms with Gasteiger partial charge in [-0.1, -0.05) is 0 Å². The van der Waals surface area contributed by atoms with Crippen LogP contribution in [0.3, 0.4) is 0 Å². The first kappa shape index (κ1) is 23.3. The highest BCUT2D eigenvalue weighted by Gasteiger charge is 2.30. The van der Waals surface area contributed by atoms with Crippen LogP contribution >= 0.6 is 0 Å². The molecule has 2 saturated carbocycles. The number of aliphatic hydroxyl groups is 1. The van der Waals surface area contributed by atoms with Crippen molar-refractivity contribution in [3.8, 4) is 0 Å². The number of benzene rings is 1. The lowest BCUT2D eigenvalue weighted by molar-refractivity contribution is -0.122. The summed E-state index contributed by atoms with van der Waals surface area (Å²) in [5.41, 5.74) is 5.77. The smallest absolute Gasteiger partial charge is 0.225 e. The van der Waals surface area contributed by atoms with E-state index in [2.05, 4.69) is 25.6 Å². The van der Waals surface area contributed by atoms with E-state index in [0.717, 1.165) is 12.8 Å². The van der Waals surface area contributed by atoms with Gasteiger partial charge < -0.3 is 21.5 Å². The Hall–Kier alpha value is -3.41. The lowest BCUT2D eigenvalue weighted by atomic mass is 9.85. The monoisotopic (exact) mass is 489 g/mol. The zero-order valence-electron chi connectivity index (χ0n) is 18.8. The molecule has 186 valence electrons. The second kappa shape index (κ2) is 9.33. The molecule has 0 unspecified atom stereocenters. The van der Waals surface area contributed by atoms with Crippen molar-refractivity contribution in [1.29, 1.82) is 0 Å². The molecule has 0 saturated heterocycles. The first-order chi connectivity index (χ1) is 16.8. The van der Waals surface area contributed by atoms with Crippen LogP contribution in [-0.2, 0) is 4.79 Å². The van der Waals surface area contributed by atoms with Gasteiger partial charge in [0, 0.05) is 24.1 Å². The number of halogens is 3. The molecule has 0 aliphatic heterocycles. The van der Waals surface area contributed by atoms with Gasteiger partial charge in [0.05, 0.1) is 18.3 Å². The first-order valence-electron chi connectivity index (χ1n) is 11.7. The number of carbonyl (C=O) groups is 1. The van der Waals surface area contributed by atoms with Gasteiger partial charge in [-0.05, 0) is 44.9 Å². The molecular weight excluding hydrogens is 463 g/mol. The van der Waals surface area contributed by atoms with Crippen LogP contribution in [0.15, 0.2) is 18.3 Å². The summed E-state index contributed by atoms with van der Waals surface area (Å²) in [7, 11) is 0. The Labute approximate surface area is 199 Å². The topological polar surface area (TPSA) is 131 Å². The average Bonchev–Trinajstić information content (AvgIpc) is 3.38. The number of hydrogen-bond acceptors (Lipinski definition) is 7. The van der Waals surface area contributed by atoms with E-state index >= 15 is 0 Å². The molecule has 0 spiro atoms. The molecule has 2 aromatic heterocycles. The summed E-state index contributed by atoms with van der Waals surface area (Å²) >= 11 is 0. The van der Waals surface area contributed by atoms with E-state index in [4.69, 9.17) is 5.73 Å². The maximum Gasteiger partial charge on any atom is 0.225 e. The Bertz CT molecular complexity index is 1240. The van der Waals surface area contributed by atoms with Crippen LogP contribution in [0.4, 0.5) is 30.8 Å². The minimum Gasteiger partial charge on any atom is -0.391 e. The normalized spacial score (nSPS) is 24.6. The second-order valence-electron chi connectivity index (χ2n) is 9.23. The summed E-state index contributed by atoms with van der Waals surface area (Å²) < 4.78 is 44.0. The predicted molar refractivity (Wildman–Crippen MR) is 122 cm³/mol. The Morgan fingerprint density at radius 3 is 2.40 bits per heavy atom. The number of amides is 1. The molecule has 0 bridgehead atoms. The molecular formula is C23H26F3N7O2. The average molecular weight is 490 g/mol. The van der Waals surface area contributed by atoms with Gasteiger partial charge in [0.15, 0.2) is 17.3 Å². The first-order valence-corrected chi connectivity index (χ1v) is 11.7. The standard InChI is InChI=1S/C23H26F3N7O2/c24-12-8-14(25)19(15(26)9-12)31-23-30-17-10-28-22(29-16-2-1-3-18(16)34)32-21(17)33(23)13-6-4-11(5-7-13)20(27)35/h8-11,13,16,18,34H,1-7H2,(H2,27,35)(H,30,31)(H,28,29,32)/t11?,13?,16-,18-/m0/s1. The highest BCUT2D eigenvalue weighted by atomic mass is 19.1. The minimum absolute atomic E-state index is 0.124. The number of anilines is 3. The number of aliphatic hydroxyl groups excluding tert-OH is 1. The lowest BCUT2D eigenvalue weighted by Crippen LogP contribution is -2.29. The quantitative estimate of drug-likeness (QED) is 0.417. The molecule has 2 atom stereocenters. The summed E-state index contributed by atoms with van der Waals surface area (Å²) in [5.74, 6) is -3.37. The SMILES string of the molecule is NC(=O)C1CCC(n2c(Nc3c(F)cc(F)cc3F)nc3cnc(N[C@H]4CCC[C@@H]4O)nc32)CC1. The molecule has 5 rings (SSSR count). The van der Waals surface area contributed by atoms with Gasteiger partial charge in [-0.15, -0.1) is 0 Å². The summed E-state index contributed by atoms with van der Waals surface area (Å²) in [6.07, 6.45) is 5.66. The van der Waals surface area contributed by atoms with Crippen molar-refractivity contribution in [2.45, 2.75) is 63.1 Å². The zero-order valence-corrected chi connectivity index (χ0v) is 18.8. The van der Waals surface area contributed by atoms with E-state index < -0.39 is 29.2 Å². The number of imidazole rings is 1. The van der Waals surface area contributed by atoms with Crippen molar-refractivity contribution in [3.05, 3.63) is 35.8 Å². The number of nitrogens with zero attached hydrogens (tertiary/aromatic N) is 4. The van der Waals surface area contributed by atoms with E-state index in [9.17, 15) is 23.1 Å². The number of nitrogens with two attached hydrogens (primary N) is 1. The third-order valence-electron chi connectivity index (χ3n) is 6.93. The van der Waals surface area contributed by atoms with E-state index in [1.165, 1.54) is 6.20 Å². The number of aromatic nitrogens is 4. The van der Waals surface area contributed by atoms with E-state index in [1.807, 2.05) is 0 Å². The van der Waals surface area contributed by atoms with Crippen LogP contribution in [0.25, 0.3) is 11.2 Å². The molecule has 2 aliphatic carbocycles. The molecule has 2 aliphatic rings. The van der Waals surface area contributed by atoms with E-state index in [1.54, 1.807) is 4.57 Å². The van der Waals surface area contributed by atoms with Gasteiger partial charge in [0.25, 0.3) is 0 Å². The predicted octanol–water partition coefficient (Wildman–Crippen LogP) is 3.53. The number of rotatable bonds is 6. The Balaban J connectivity index is 1.54. The van der Waals surface area contributed by atoms with Crippen LogP contribution in [0.5, 0.6) is 0 Å². The number of nitrogens with one attached hydrogen (secondary N) is 2. The van der Waals surface area contributed by atoms with Crippen LogP contribution < -0.4 is 16.4 Å². The van der Waals surface area contributed by atoms with Crippen molar-refractivity contribution in [2.24, 2.45) is 11.7 Å². The lowest BCUT2D eigenvalue weighted by Gasteiger charge is -2.29. The number of hydrogen-bond donors (Lipinski definition) is 4. The second-order valence-corrected chi connectivity index (χ2v) is 9.23. The Morgan fingerprint density at radius 2 is 1.77 bits per heavy atom. The fourth-order valence-electron chi connectivity index (χ4n) is 5.06. The number of carbonyl (C=O) groups excluding carboxylic acids is 1. The van der Waals surface area contributed by atoms with Gasteiger partial charge in [0.1, 0.15) is 17.0 Å². The van der Waals surface area contributed by atoms with Crippen LogP contribution in [0, 0.1) is 23.4 Å². The van der Waals surface area contributed by atoms with Crippen molar-refractivity contribution in [1.82, 2.24) is 19.5 Å². The molecule has 2 heterocycles. The highest BCUT2D eigenvalue weighted by molar-refractivity contribution is 5.78. The van der Waals surface area contributed by atoms with E-state index in [-0.39, 0.29) is 29.9 Å². The van der Waals surface area contributed by atoms with Crippen LogP contribution in [0.2, 0.25) is 0 Å². The molecule has 1 amide bonds. The van der Waals surface area contributed by atoms with Crippen molar-refractivity contribution >= 4 is 34.7 Å². The molecule has 35 heavy (non-hydrogen) atoms. The molecule has 12 heteroatoms. The molecule has 0 radical (unpaired) electrons. The molecule has 1 aromatic carbocycles. The fourth-order valence-corrected chi connectivity index (χ4v) is 5.06. The molecule has 3 aromatic rings. The molecule has 9 nitrogen and oxygen atoms in total. The van der Waals surface area contributed by atoms with Gasteiger partial charge in [-0.25, -0.2) is 23.1 Å². The Morgan fingerprint density at radius 1 is 1.06 bits per heavy atom. The largest absolute Gasteiger partial charge is 0.391 e. The minimum atomic E-state index is -1.10. The van der Waals surface area contributed by atoms with Crippen molar-refractivity contribution < 1.29 is 23.1 Å². The molecule has 2 fully saturated rings. The van der Waals surface area contributed by atoms with Gasteiger partial charge in [-0.3, -0.25) is 9.36 Å². The summed E-state index contributed by atoms with van der Waals surface area (Å²) in [5, 5.41) is 16.0. The maximum absolute atomic E-state index is 14.4. The van der Waals surface area contributed by atoms with E-state index in [0.29, 0.717) is 61.3 Å². The maximum atomic E-state index is 14.4. The zero-order chi connectivity index (χ0) is 24.7. The molecule has 5 N–H and O–H groups in total.